The van der Waals surface area contributed by atoms with Crippen molar-refractivity contribution in [3.8, 4) is 0 Å². The molecule has 5 aliphatic rings. The van der Waals surface area contributed by atoms with Crippen LogP contribution in [0, 0.1) is 23.7 Å². The third kappa shape index (κ3) is 2.55. The van der Waals surface area contributed by atoms with E-state index in [4.69, 9.17) is 28.3 Å². The number of nitrogens with zero attached hydrogens (tertiary/aromatic N) is 2. The molecule has 5 fully saturated rings. The fraction of sp³-hybridized carbons (Fsp3) is 0.520. The lowest BCUT2D eigenvalue weighted by Crippen LogP contribution is -2.61. The molecule has 1 aromatic carbocycles. The zero-order valence-corrected chi connectivity index (χ0v) is 18.8. The van der Waals surface area contributed by atoms with Crippen LogP contribution in [0.3, 0.4) is 0 Å². The molecule has 2 heterocycles. The highest BCUT2D eigenvalue weighted by Crippen LogP contribution is 2.72. The van der Waals surface area contributed by atoms with E-state index in [1.54, 1.807) is 12.3 Å². The Labute approximate surface area is 191 Å². The van der Waals surface area contributed by atoms with Crippen LogP contribution in [0.1, 0.15) is 56.2 Å². The summed E-state index contributed by atoms with van der Waals surface area (Å²) in [5.41, 5.74) is 3.21. The highest BCUT2D eigenvalue weighted by molar-refractivity contribution is 6.35. The maximum Gasteiger partial charge on any atom is 0.274 e. The Morgan fingerprint density at radius 2 is 1.94 bits per heavy atom. The number of nitrogens with one attached hydrogen (secondary N) is 1. The molecule has 4 bridgehead atoms. The molecule has 5 atom stereocenters. The fourth-order valence-corrected chi connectivity index (χ4v) is 8.85. The van der Waals surface area contributed by atoms with Gasteiger partial charge in [-0.3, -0.25) is 4.79 Å². The van der Waals surface area contributed by atoms with E-state index in [0.29, 0.717) is 22.8 Å². The van der Waals surface area contributed by atoms with Crippen molar-refractivity contribution in [1.29, 1.82) is 0 Å². The first kappa shape index (κ1) is 18.8. The van der Waals surface area contributed by atoms with Crippen LogP contribution in [0.4, 0.5) is 0 Å². The standard InChI is InChI=1S/C25H25Cl2N3O/c26-17-3-4-18(19(27)8-17)25-11-14-7-16(23(25)15-1-2-15)12-24(10-14,13-25)20-9-21-28-6-5-22(31)30(21)29-20/h3-6,8-9,14-16,23,28H,1-2,7,10-13H2. The van der Waals surface area contributed by atoms with Crippen molar-refractivity contribution in [3.63, 3.8) is 0 Å². The summed E-state index contributed by atoms with van der Waals surface area (Å²) in [5, 5.41) is 6.39. The van der Waals surface area contributed by atoms with Crippen molar-refractivity contribution in [2.75, 3.05) is 0 Å². The van der Waals surface area contributed by atoms with E-state index in [9.17, 15) is 4.79 Å². The topological polar surface area (TPSA) is 50.2 Å². The predicted octanol–water partition coefficient (Wildman–Crippen LogP) is 5.76. The van der Waals surface area contributed by atoms with Gasteiger partial charge >= 0.3 is 0 Å². The largest absolute Gasteiger partial charge is 0.346 e. The van der Waals surface area contributed by atoms with E-state index in [1.165, 1.54) is 48.6 Å². The summed E-state index contributed by atoms with van der Waals surface area (Å²) in [6.45, 7) is 0. The Bertz CT molecular complexity index is 1280. The van der Waals surface area contributed by atoms with Crippen LogP contribution in [0.15, 0.2) is 41.3 Å². The van der Waals surface area contributed by atoms with Gasteiger partial charge in [-0.2, -0.15) is 9.61 Å². The highest BCUT2D eigenvalue weighted by Gasteiger charge is 2.66. The molecule has 5 aliphatic carbocycles. The maximum absolute atomic E-state index is 12.4. The second kappa shape index (κ2) is 6.17. The van der Waals surface area contributed by atoms with Gasteiger partial charge in [-0.05, 0) is 86.3 Å². The molecule has 160 valence electrons. The highest BCUT2D eigenvalue weighted by atomic mass is 35.5. The predicted molar refractivity (Wildman–Crippen MR) is 122 cm³/mol. The van der Waals surface area contributed by atoms with Crippen LogP contribution in [-0.4, -0.2) is 14.6 Å². The van der Waals surface area contributed by atoms with Gasteiger partial charge in [0, 0.05) is 39.2 Å². The summed E-state index contributed by atoms with van der Waals surface area (Å²) in [6, 6.07) is 9.81. The first-order valence-electron chi connectivity index (χ1n) is 11.5. The number of benzene rings is 1. The average Bonchev–Trinajstić information content (AvgIpc) is 3.43. The van der Waals surface area contributed by atoms with E-state index in [1.807, 2.05) is 12.1 Å². The molecule has 2 aromatic heterocycles. The van der Waals surface area contributed by atoms with Crippen LogP contribution >= 0.6 is 23.2 Å². The molecule has 8 rings (SSSR count). The van der Waals surface area contributed by atoms with Crippen molar-refractivity contribution in [3.05, 3.63) is 68.2 Å². The molecule has 3 aromatic rings. The number of H-pyrrole nitrogens is 1. The van der Waals surface area contributed by atoms with Crippen LogP contribution in [-0.2, 0) is 10.8 Å². The van der Waals surface area contributed by atoms with Crippen molar-refractivity contribution in [2.24, 2.45) is 23.7 Å². The maximum atomic E-state index is 12.4. The monoisotopic (exact) mass is 453 g/mol. The van der Waals surface area contributed by atoms with Gasteiger partial charge in [0.2, 0.25) is 0 Å². The van der Waals surface area contributed by atoms with E-state index >= 15 is 0 Å². The number of halogens is 2. The Balaban J connectivity index is 1.42. The van der Waals surface area contributed by atoms with E-state index in [2.05, 4.69) is 17.1 Å². The molecule has 5 saturated carbocycles. The van der Waals surface area contributed by atoms with E-state index < -0.39 is 0 Å². The zero-order chi connectivity index (χ0) is 21.0. The number of hydrogen-bond acceptors (Lipinski definition) is 2. The molecule has 0 aliphatic heterocycles. The lowest BCUT2D eigenvalue weighted by atomic mass is 9.38. The third-order valence-corrected chi connectivity index (χ3v) is 9.48. The lowest BCUT2D eigenvalue weighted by molar-refractivity contribution is -0.0893. The molecule has 6 heteroatoms. The number of aromatic nitrogens is 3. The molecular weight excluding hydrogens is 429 g/mol. The fourth-order valence-electron chi connectivity index (χ4n) is 8.25. The third-order valence-electron chi connectivity index (χ3n) is 8.94. The van der Waals surface area contributed by atoms with Gasteiger partial charge < -0.3 is 4.98 Å². The minimum Gasteiger partial charge on any atom is -0.346 e. The average molecular weight is 454 g/mol. The minimum absolute atomic E-state index is 0.0203. The number of rotatable bonds is 3. The van der Waals surface area contributed by atoms with Gasteiger partial charge in [0.1, 0.15) is 5.65 Å². The number of fused-ring (bicyclic) bond motifs is 1. The number of aromatic amines is 1. The first-order chi connectivity index (χ1) is 15.0. The van der Waals surface area contributed by atoms with Gasteiger partial charge in [-0.15, -0.1) is 0 Å². The van der Waals surface area contributed by atoms with Crippen LogP contribution < -0.4 is 5.56 Å². The van der Waals surface area contributed by atoms with Crippen molar-refractivity contribution in [1.82, 2.24) is 14.6 Å². The summed E-state index contributed by atoms with van der Waals surface area (Å²) >= 11 is 13.2. The molecule has 0 amide bonds. The zero-order valence-electron chi connectivity index (χ0n) is 17.3. The van der Waals surface area contributed by atoms with Crippen LogP contribution in [0.5, 0.6) is 0 Å². The second-order valence-corrected chi connectivity index (χ2v) is 11.6. The van der Waals surface area contributed by atoms with Crippen LogP contribution in [0.25, 0.3) is 5.65 Å². The molecule has 0 saturated heterocycles. The Morgan fingerprint density at radius 3 is 2.71 bits per heavy atom. The van der Waals surface area contributed by atoms with Gasteiger partial charge in [-0.1, -0.05) is 29.3 Å². The van der Waals surface area contributed by atoms with Gasteiger partial charge in [0.15, 0.2) is 0 Å². The smallest absolute Gasteiger partial charge is 0.274 e. The van der Waals surface area contributed by atoms with Gasteiger partial charge in [-0.25, -0.2) is 0 Å². The quantitative estimate of drug-likeness (QED) is 0.548. The van der Waals surface area contributed by atoms with E-state index in [-0.39, 0.29) is 16.4 Å². The molecule has 0 radical (unpaired) electrons. The lowest BCUT2D eigenvalue weighted by Gasteiger charge is -2.66. The summed E-state index contributed by atoms with van der Waals surface area (Å²) in [6.07, 6.45) is 10.4. The molecule has 4 nitrogen and oxygen atoms in total. The normalized spacial score (nSPS) is 36.4. The van der Waals surface area contributed by atoms with Crippen molar-refractivity contribution >= 4 is 28.8 Å². The summed E-state index contributed by atoms with van der Waals surface area (Å²) in [5.74, 6) is 2.93. The summed E-state index contributed by atoms with van der Waals surface area (Å²) in [4.78, 5) is 15.6. The van der Waals surface area contributed by atoms with Crippen molar-refractivity contribution < 1.29 is 0 Å². The first-order valence-corrected chi connectivity index (χ1v) is 12.3. The molecule has 5 unspecified atom stereocenters. The molecule has 31 heavy (non-hydrogen) atoms. The summed E-state index contributed by atoms with van der Waals surface area (Å²) < 4.78 is 1.54. The van der Waals surface area contributed by atoms with Gasteiger partial charge in [0.05, 0.1) is 5.69 Å². The Kier molecular flexibility index (Phi) is 3.73. The SMILES string of the molecule is O=c1cc[nH]c2cc(C34CC5CC(C3)C(C3CC3)C(c3ccc(Cl)cc3Cl)(C5)C4)nn12. The van der Waals surface area contributed by atoms with E-state index in [0.717, 1.165) is 28.7 Å². The second-order valence-electron chi connectivity index (χ2n) is 10.7. The minimum atomic E-state index is -0.0731. The van der Waals surface area contributed by atoms with Gasteiger partial charge in [0.25, 0.3) is 5.56 Å². The van der Waals surface area contributed by atoms with Crippen LogP contribution in [0.2, 0.25) is 10.0 Å². The molecule has 1 N–H and O–H groups in total. The Morgan fingerprint density at radius 1 is 1.06 bits per heavy atom. The van der Waals surface area contributed by atoms with Crippen molar-refractivity contribution in [2.45, 2.75) is 55.8 Å². The number of hydrogen-bond donors (Lipinski definition) is 1. The molecular formula is C25H25Cl2N3O. The summed E-state index contributed by atoms with van der Waals surface area (Å²) in [7, 11) is 0. The Hall–Kier alpha value is -1.78. The molecule has 0 spiro atoms.